The molecule has 1 aliphatic rings. The zero-order chi connectivity index (χ0) is 19.4. The van der Waals surface area contributed by atoms with Crippen molar-refractivity contribution in [3.63, 3.8) is 0 Å². The van der Waals surface area contributed by atoms with Gasteiger partial charge in [0.1, 0.15) is 17.1 Å². The summed E-state index contributed by atoms with van der Waals surface area (Å²) in [6, 6.07) is 14.1. The summed E-state index contributed by atoms with van der Waals surface area (Å²) in [6.07, 6.45) is 1.21. The van der Waals surface area contributed by atoms with E-state index < -0.39 is 0 Å². The molecule has 1 heterocycles. The number of thioether (sulfide) groups is 1. The van der Waals surface area contributed by atoms with E-state index in [0.29, 0.717) is 6.42 Å². The van der Waals surface area contributed by atoms with Gasteiger partial charge in [0.05, 0.1) is 13.2 Å². The predicted octanol–water partition coefficient (Wildman–Crippen LogP) is 4.90. The van der Waals surface area contributed by atoms with E-state index in [-0.39, 0.29) is 17.6 Å². The van der Waals surface area contributed by atoms with Crippen molar-refractivity contribution in [2.24, 2.45) is 0 Å². The third-order valence-electron chi connectivity index (χ3n) is 4.63. The smallest absolute Gasteiger partial charge is 0.221 e. The van der Waals surface area contributed by atoms with Crippen LogP contribution in [-0.2, 0) is 4.79 Å². The molecule has 3 rings (SSSR count). The first-order chi connectivity index (χ1) is 12.9. The maximum atomic E-state index is 12.5. The van der Waals surface area contributed by atoms with Gasteiger partial charge in [0.15, 0.2) is 0 Å². The fourth-order valence-electron chi connectivity index (χ4n) is 3.25. The second-order valence-corrected chi connectivity index (χ2v) is 8.67. The molecule has 0 spiro atoms. The summed E-state index contributed by atoms with van der Waals surface area (Å²) in [4.78, 5) is 13.7. The Morgan fingerprint density at radius 3 is 2.70 bits per heavy atom. The van der Waals surface area contributed by atoms with Gasteiger partial charge < -0.3 is 14.8 Å². The highest BCUT2D eigenvalue weighted by Gasteiger charge is 2.34. The Labute approximate surface area is 165 Å². The summed E-state index contributed by atoms with van der Waals surface area (Å²) >= 11 is 1.71. The highest BCUT2D eigenvalue weighted by atomic mass is 32.2. The van der Waals surface area contributed by atoms with Gasteiger partial charge in [-0.25, -0.2) is 0 Å². The fourth-order valence-corrected chi connectivity index (χ4v) is 4.10. The summed E-state index contributed by atoms with van der Waals surface area (Å²) in [6.45, 7) is 6.17. The quantitative estimate of drug-likeness (QED) is 0.718. The van der Waals surface area contributed by atoms with Crippen LogP contribution in [-0.4, -0.2) is 24.4 Å². The molecule has 1 N–H and O–H groups in total. The molecule has 0 unspecified atom stereocenters. The van der Waals surface area contributed by atoms with Crippen LogP contribution in [0, 0.1) is 6.92 Å². The molecule has 0 aromatic heterocycles. The molecular formula is C22H27NO3S. The number of fused-ring (bicyclic) bond motifs is 1. The van der Waals surface area contributed by atoms with Crippen LogP contribution >= 0.6 is 11.8 Å². The van der Waals surface area contributed by atoms with Crippen molar-refractivity contribution in [3.05, 3.63) is 53.6 Å². The van der Waals surface area contributed by atoms with Gasteiger partial charge in [-0.1, -0.05) is 17.7 Å². The number of nitrogens with one attached hydrogen (secondary N) is 1. The number of benzene rings is 2. The zero-order valence-electron chi connectivity index (χ0n) is 16.4. The lowest BCUT2D eigenvalue weighted by Gasteiger charge is -2.38. The van der Waals surface area contributed by atoms with Crippen molar-refractivity contribution in [2.45, 2.75) is 50.2 Å². The van der Waals surface area contributed by atoms with E-state index in [2.05, 4.69) is 36.5 Å². The molecule has 5 heteroatoms. The Hall–Kier alpha value is -2.14. The van der Waals surface area contributed by atoms with Crippen molar-refractivity contribution < 1.29 is 14.3 Å². The third kappa shape index (κ3) is 5.19. The zero-order valence-corrected chi connectivity index (χ0v) is 17.2. The molecular weight excluding hydrogens is 358 g/mol. The lowest BCUT2D eigenvalue weighted by atomic mass is 9.89. The summed E-state index contributed by atoms with van der Waals surface area (Å²) < 4.78 is 11.4. The van der Waals surface area contributed by atoms with Crippen LogP contribution in [0.2, 0.25) is 0 Å². The van der Waals surface area contributed by atoms with E-state index in [9.17, 15) is 4.79 Å². The van der Waals surface area contributed by atoms with Crippen LogP contribution in [0.3, 0.4) is 0 Å². The van der Waals surface area contributed by atoms with E-state index in [1.54, 1.807) is 18.9 Å². The summed E-state index contributed by atoms with van der Waals surface area (Å²) in [5.41, 5.74) is 1.90. The molecule has 0 saturated carbocycles. The van der Waals surface area contributed by atoms with Gasteiger partial charge in [0.2, 0.25) is 5.91 Å². The first-order valence-corrected chi connectivity index (χ1v) is 10.2. The highest BCUT2D eigenvalue weighted by Crippen LogP contribution is 2.41. The van der Waals surface area contributed by atoms with Gasteiger partial charge in [-0.3, -0.25) is 4.79 Å². The number of hydrogen-bond acceptors (Lipinski definition) is 4. The number of amides is 1. The number of aryl methyl sites for hydroxylation is 1. The number of ether oxygens (including phenoxy) is 2. The van der Waals surface area contributed by atoms with Crippen LogP contribution in [0.1, 0.15) is 43.9 Å². The molecule has 1 aliphatic heterocycles. The second-order valence-electron chi connectivity index (χ2n) is 7.50. The molecule has 0 saturated heterocycles. The van der Waals surface area contributed by atoms with Crippen molar-refractivity contribution >= 4 is 17.7 Å². The van der Waals surface area contributed by atoms with Crippen molar-refractivity contribution in [1.82, 2.24) is 5.32 Å². The Balaban J connectivity index is 1.62. The van der Waals surface area contributed by atoms with Crippen LogP contribution in [0.25, 0.3) is 0 Å². The van der Waals surface area contributed by atoms with Gasteiger partial charge in [-0.05, 0) is 51.1 Å². The molecule has 144 valence electrons. The first kappa shape index (κ1) is 19.6. The minimum absolute atomic E-state index is 0.0612. The van der Waals surface area contributed by atoms with E-state index in [4.69, 9.17) is 9.47 Å². The van der Waals surface area contributed by atoms with E-state index in [1.165, 1.54) is 10.5 Å². The van der Waals surface area contributed by atoms with E-state index >= 15 is 0 Å². The van der Waals surface area contributed by atoms with Gasteiger partial charge in [0.25, 0.3) is 0 Å². The van der Waals surface area contributed by atoms with Gasteiger partial charge >= 0.3 is 0 Å². The largest absolute Gasteiger partial charge is 0.497 e. The standard InChI is InChI=1S/C22H27NO3S/c1-15-5-8-17(9-6-15)27-12-11-21(24)23-19-14-22(2,3)26-20-10-7-16(25-4)13-18(19)20/h5-10,13,19H,11-12,14H2,1-4H3,(H,23,24)/t19-/m1/s1. The van der Waals surface area contributed by atoms with Crippen LogP contribution < -0.4 is 14.8 Å². The Bertz CT molecular complexity index is 802. The highest BCUT2D eigenvalue weighted by molar-refractivity contribution is 7.99. The maximum absolute atomic E-state index is 12.5. The lowest BCUT2D eigenvalue weighted by Crippen LogP contribution is -2.41. The third-order valence-corrected chi connectivity index (χ3v) is 5.64. The predicted molar refractivity (Wildman–Crippen MR) is 110 cm³/mol. The van der Waals surface area contributed by atoms with Gasteiger partial charge in [-0.2, -0.15) is 0 Å². The van der Waals surface area contributed by atoms with Gasteiger partial charge in [-0.15, -0.1) is 11.8 Å². The van der Waals surface area contributed by atoms with Gasteiger partial charge in [0, 0.05) is 29.1 Å². The molecule has 2 aromatic carbocycles. The monoisotopic (exact) mass is 385 g/mol. The minimum Gasteiger partial charge on any atom is -0.497 e. The number of hydrogen-bond donors (Lipinski definition) is 1. The molecule has 2 aromatic rings. The van der Waals surface area contributed by atoms with Crippen molar-refractivity contribution in [3.8, 4) is 11.5 Å². The van der Waals surface area contributed by atoms with E-state index in [0.717, 1.165) is 29.2 Å². The summed E-state index contributed by atoms with van der Waals surface area (Å²) in [5, 5.41) is 3.19. The Kier molecular flexibility index (Phi) is 6.00. The van der Waals surface area contributed by atoms with E-state index in [1.807, 2.05) is 32.0 Å². The van der Waals surface area contributed by atoms with Crippen molar-refractivity contribution in [2.75, 3.05) is 12.9 Å². The second kappa shape index (κ2) is 8.26. The number of carbonyl (C=O) groups is 1. The number of rotatable bonds is 6. The Morgan fingerprint density at radius 1 is 1.26 bits per heavy atom. The maximum Gasteiger partial charge on any atom is 0.221 e. The summed E-state index contributed by atoms with van der Waals surface area (Å²) in [5.74, 6) is 2.40. The minimum atomic E-state index is -0.323. The lowest BCUT2D eigenvalue weighted by molar-refractivity contribution is -0.121. The first-order valence-electron chi connectivity index (χ1n) is 9.22. The molecule has 0 fully saturated rings. The average Bonchev–Trinajstić information content (AvgIpc) is 2.62. The molecule has 0 bridgehead atoms. The molecule has 1 amide bonds. The Morgan fingerprint density at radius 2 is 2.00 bits per heavy atom. The normalized spacial score (nSPS) is 17.6. The van der Waals surface area contributed by atoms with Crippen LogP contribution in [0.4, 0.5) is 0 Å². The topological polar surface area (TPSA) is 47.6 Å². The SMILES string of the molecule is COc1ccc2c(c1)[C@H](NC(=O)CCSc1ccc(C)cc1)CC(C)(C)O2. The fraction of sp³-hybridized carbons (Fsp3) is 0.409. The molecule has 4 nitrogen and oxygen atoms in total. The van der Waals surface area contributed by atoms with Crippen LogP contribution in [0.5, 0.6) is 11.5 Å². The number of methoxy groups -OCH3 is 1. The molecule has 1 atom stereocenters. The average molecular weight is 386 g/mol. The molecule has 0 radical (unpaired) electrons. The molecule has 0 aliphatic carbocycles. The number of carbonyl (C=O) groups excluding carboxylic acids is 1. The van der Waals surface area contributed by atoms with Crippen molar-refractivity contribution in [1.29, 1.82) is 0 Å². The molecule has 27 heavy (non-hydrogen) atoms. The summed E-state index contributed by atoms with van der Waals surface area (Å²) in [7, 11) is 1.64. The van der Waals surface area contributed by atoms with Crippen LogP contribution in [0.15, 0.2) is 47.4 Å².